The summed E-state index contributed by atoms with van der Waals surface area (Å²) in [5.74, 6) is -2.67. The summed E-state index contributed by atoms with van der Waals surface area (Å²) in [7, 11) is 0. The van der Waals surface area contributed by atoms with Crippen LogP contribution in [0.5, 0.6) is 5.75 Å². The molecule has 33 heavy (non-hydrogen) atoms. The average Bonchev–Trinajstić information content (AvgIpc) is 2.77. The van der Waals surface area contributed by atoms with Gasteiger partial charge >= 0.3 is 0 Å². The maximum absolute atomic E-state index is 14.6. The quantitative estimate of drug-likeness (QED) is 0.717. The molecule has 1 aliphatic carbocycles. The Bertz CT molecular complexity index is 1030. The number of aliphatic hydroxyl groups excluding tert-OH is 1. The van der Waals surface area contributed by atoms with Gasteiger partial charge in [0.15, 0.2) is 0 Å². The first kappa shape index (κ1) is 22.3. The molecule has 8 heteroatoms. The molecule has 2 aliphatic heterocycles. The highest BCUT2D eigenvalue weighted by Gasteiger charge is 2.42. The predicted octanol–water partition coefficient (Wildman–Crippen LogP) is 3.61. The first-order chi connectivity index (χ1) is 16.0. The molecule has 6 nitrogen and oxygen atoms in total. The summed E-state index contributed by atoms with van der Waals surface area (Å²) >= 11 is 0. The Hall–Kier alpha value is -2.55. The van der Waals surface area contributed by atoms with Crippen LogP contribution in [-0.2, 0) is 11.3 Å². The van der Waals surface area contributed by atoms with Gasteiger partial charge < -0.3 is 19.9 Å². The number of ether oxygens (including phenoxy) is 2. The fourth-order valence-corrected chi connectivity index (χ4v) is 4.85. The highest BCUT2D eigenvalue weighted by Crippen LogP contribution is 2.40. The lowest BCUT2D eigenvalue weighted by molar-refractivity contribution is -0.231. The maximum Gasteiger partial charge on any atom is 0.257 e. The molecule has 1 amide bonds. The second-order valence-corrected chi connectivity index (χ2v) is 9.04. The molecule has 1 saturated heterocycles. The third-order valence-corrected chi connectivity index (χ3v) is 7.00. The predicted molar refractivity (Wildman–Crippen MR) is 118 cm³/mol. The van der Waals surface area contributed by atoms with Gasteiger partial charge in [0, 0.05) is 44.1 Å². The number of carbonyl (C=O) groups is 1. The monoisotopic (exact) mass is 458 g/mol. The van der Waals surface area contributed by atoms with Gasteiger partial charge in [0.05, 0.1) is 13.2 Å². The normalized spacial score (nSPS) is 20.1. The second-order valence-electron chi connectivity index (χ2n) is 9.04. The number of nitrogens with zero attached hydrogens (tertiary/aromatic N) is 1. The molecule has 0 radical (unpaired) electrons. The molecule has 0 bridgehead atoms. The average molecular weight is 459 g/mol. The van der Waals surface area contributed by atoms with Crippen molar-refractivity contribution in [2.24, 2.45) is 0 Å². The maximum atomic E-state index is 14.6. The van der Waals surface area contributed by atoms with Gasteiger partial charge in [-0.2, -0.15) is 0 Å². The molecule has 1 saturated carbocycles. The molecule has 2 N–H and O–H groups in total. The number of likely N-dealkylation sites (tertiary alicyclic amines) is 1. The molecule has 2 fully saturated rings. The van der Waals surface area contributed by atoms with Crippen molar-refractivity contribution in [3.63, 3.8) is 0 Å². The van der Waals surface area contributed by atoms with Crippen LogP contribution in [0.1, 0.15) is 48.0 Å². The Morgan fingerprint density at radius 1 is 1.12 bits per heavy atom. The largest absolute Gasteiger partial charge is 0.462 e. The topological polar surface area (TPSA) is 71.0 Å². The van der Waals surface area contributed by atoms with Crippen LogP contribution in [-0.4, -0.2) is 54.0 Å². The van der Waals surface area contributed by atoms with Crippen LogP contribution >= 0.6 is 0 Å². The molecule has 0 unspecified atom stereocenters. The van der Waals surface area contributed by atoms with Gasteiger partial charge in [-0.05, 0) is 48.2 Å². The molecular weight excluding hydrogens is 430 g/mol. The van der Waals surface area contributed by atoms with E-state index in [4.69, 9.17) is 14.6 Å². The Morgan fingerprint density at radius 3 is 2.48 bits per heavy atom. The molecule has 2 heterocycles. The van der Waals surface area contributed by atoms with E-state index >= 15 is 0 Å². The van der Waals surface area contributed by atoms with Gasteiger partial charge in [0.25, 0.3) is 5.91 Å². The summed E-state index contributed by atoms with van der Waals surface area (Å²) in [5, 5.41) is 11.1. The van der Waals surface area contributed by atoms with Crippen molar-refractivity contribution in [3.8, 4) is 16.9 Å². The molecule has 1 spiro atoms. The van der Waals surface area contributed by atoms with E-state index in [0.29, 0.717) is 23.8 Å². The van der Waals surface area contributed by atoms with Crippen LogP contribution in [0.15, 0.2) is 30.3 Å². The smallest absolute Gasteiger partial charge is 0.257 e. The van der Waals surface area contributed by atoms with Crippen LogP contribution in [0.4, 0.5) is 8.78 Å². The Labute approximate surface area is 191 Å². The lowest BCUT2D eigenvalue weighted by atomic mass is 9.89. The lowest BCUT2D eigenvalue weighted by Crippen LogP contribution is -2.54. The number of rotatable bonds is 5. The number of fused-ring (bicyclic) bond motifs is 1. The number of halogens is 2. The standard InChI is InChI=1S/C25H28F2N2O4/c26-20-13-17(14-21(27)23(20)24(31)28-8-11-30)16-4-5-22-18(12-16)15-32-25(33-22)6-9-29(10-7-25)19-2-1-3-19/h4-5,12-14,19,30H,1-3,6-11,15H2,(H,28,31). The zero-order valence-electron chi connectivity index (χ0n) is 18.4. The highest BCUT2D eigenvalue weighted by atomic mass is 19.1. The van der Waals surface area contributed by atoms with Crippen LogP contribution in [0.3, 0.4) is 0 Å². The third kappa shape index (κ3) is 4.35. The SMILES string of the molecule is O=C(NCCO)c1c(F)cc(-c2ccc3c(c2)COC2(CCN(C4CCC4)CC2)O3)cc1F. The van der Waals surface area contributed by atoms with E-state index < -0.39 is 28.9 Å². The first-order valence-corrected chi connectivity index (χ1v) is 11.6. The van der Waals surface area contributed by atoms with Crippen molar-refractivity contribution in [1.82, 2.24) is 10.2 Å². The fraction of sp³-hybridized carbons (Fsp3) is 0.480. The Morgan fingerprint density at radius 2 is 1.85 bits per heavy atom. The van der Waals surface area contributed by atoms with E-state index in [0.717, 1.165) is 49.4 Å². The number of hydrogen-bond acceptors (Lipinski definition) is 5. The van der Waals surface area contributed by atoms with E-state index in [1.165, 1.54) is 19.3 Å². The van der Waals surface area contributed by atoms with Gasteiger partial charge in [0.2, 0.25) is 5.79 Å². The van der Waals surface area contributed by atoms with Crippen LogP contribution < -0.4 is 10.1 Å². The van der Waals surface area contributed by atoms with Crippen molar-refractivity contribution in [3.05, 3.63) is 53.1 Å². The molecule has 2 aromatic rings. The van der Waals surface area contributed by atoms with E-state index in [2.05, 4.69) is 10.2 Å². The lowest BCUT2D eigenvalue weighted by Gasteiger charge is -2.47. The Kier molecular flexibility index (Phi) is 6.07. The van der Waals surface area contributed by atoms with Gasteiger partial charge in [-0.1, -0.05) is 12.5 Å². The zero-order chi connectivity index (χ0) is 23.0. The minimum Gasteiger partial charge on any atom is -0.462 e. The molecule has 0 atom stereocenters. The van der Waals surface area contributed by atoms with Crippen molar-refractivity contribution in [1.29, 1.82) is 0 Å². The number of aliphatic hydroxyl groups is 1. The molecule has 3 aliphatic rings. The minimum absolute atomic E-state index is 0.0790. The van der Waals surface area contributed by atoms with Crippen molar-refractivity contribution in [2.45, 2.75) is 50.5 Å². The number of benzene rings is 2. The van der Waals surface area contributed by atoms with Crippen LogP contribution in [0, 0.1) is 11.6 Å². The summed E-state index contributed by atoms with van der Waals surface area (Å²) in [6.07, 6.45) is 5.54. The summed E-state index contributed by atoms with van der Waals surface area (Å²) in [6.45, 7) is 1.92. The number of carbonyl (C=O) groups excluding carboxylic acids is 1. The third-order valence-electron chi connectivity index (χ3n) is 7.00. The van der Waals surface area contributed by atoms with E-state index in [-0.39, 0.29) is 13.2 Å². The van der Waals surface area contributed by atoms with Gasteiger partial charge in [-0.15, -0.1) is 0 Å². The second kappa shape index (κ2) is 9.00. The first-order valence-electron chi connectivity index (χ1n) is 11.6. The molecule has 5 rings (SSSR count). The van der Waals surface area contributed by atoms with Crippen LogP contribution in [0.25, 0.3) is 11.1 Å². The van der Waals surface area contributed by atoms with Crippen molar-refractivity contribution < 1.29 is 28.2 Å². The minimum atomic E-state index is -0.956. The van der Waals surface area contributed by atoms with Gasteiger partial charge in [0.1, 0.15) is 22.9 Å². The molecule has 2 aromatic carbocycles. The van der Waals surface area contributed by atoms with Crippen molar-refractivity contribution >= 4 is 5.91 Å². The van der Waals surface area contributed by atoms with Crippen LogP contribution in [0.2, 0.25) is 0 Å². The number of hydrogen-bond donors (Lipinski definition) is 2. The highest BCUT2D eigenvalue weighted by molar-refractivity contribution is 5.95. The summed E-state index contributed by atoms with van der Waals surface area (Å²) in [6, 6.07) is 8.40. The molecular formula is C25H28F2N2O4. The molecule has 0 aromatic heterocycles. The van der Waals surface area contributed by atoms with E-state index in [1.54, 1.807) is 6.07 Å². The van der Waals surface area contributed by atoms with Gasteiger partial charge in [-0.25, -0.2) is 8.78 Å². The van der Waals surface area contributed by atoms with Crippen molar-refractivity contribution in [2.75, 3.05) is 26.2 Å². The molecule has 176 valence electrons. The number of piperidine rings is 1. The number of nitrogens with one attached hydrogen (secondary N) is 1. The van der Waals surface area contributed by atoms with E-state index in [1.807, 2.05) is 12.1 Å². The summed E-state index contributed by atoms with van der Waals surface area (Å²) in [4.78, 5) is 14.5. The summed E-state index contributed by atoms with van der Waals surface area (Å²) < 4.78 is 41.6. The fourth-order valence-electron chi connectivity index (χ4n) is 4.85. The summed E-state index contributed by atoms with van der Waals surface area (Å²) in [5.41, 5.74) is 1.09. The van der Waals surface area contributed by atoms with E-state index in [9.17, 15) is 13.6 Å². The number of amides is 1. The Balaban J connectivity index is 1.31. The zero-order valence-corrected chi connectivity index (χ0v) is 18.4. The van der Waals surface area contributed by atoms with Gasteiger partial charge in [-0.3, -0.25) is 9.69 Å².